The van der Waals surface area contributed by atoms with Crippen molar-refractivity contribution < 1.29 is 4.79 Å². The molecule has 1 heterocycles. The summed E-state index contributed by atoms with van der Waals surface area (Å²) in [7, 11) is 0. The number of nitrogens with one attached hydrogen (secondary N) is 1. The number of hydrogen-bond donors (Lipinski definition) is 1. The maximum absolute atomic E-state index is 10.2. The van der Waals surface area contributed by atoms with Gasteiger partial charge in [0.25, 0.3) is 0 Å². The molecule has 0 saturated heterocycles. The van der Waals surface area contributed by atoms with Crippen molar-refractivity contribution in [3.05, 3.63) is 34.7 Å². The van der Waals surface area contributed by atoms with Crippen LogP contribution in [0.2, 0.25) is 5.02 Å². The lowest BCUT2D eigenvalue weighted by Gasteiger charge is -1.98. The van der Waals surface area contributed by atoms with E-state index in [4.69, 9.17) is 11.6 Å². The molecule has 2 rings (SSSR count). The van der Waals surface area contributed by atoms with Crippen LogP contribution >= 0.6 is 22.9 Å². The van der Waals surface area contributed by atoms with Gasteiger partial charge in [0, 0.05) is 16.0 Å². The molecule has 3 nitrogen and oxygen atoms in total. The highest BCUT2D eigenvalue weighted by Gasteiger charge is 2.06. The molecule has 1 aromatic heterocycles. The largest absolute Gasteiger partial charge is 0.305 e. The van der Waals surface area contributed by atoms with Crippen LogP contribution in [0.1, 0.15) is 0 Å². The predicted octanol–water partition coefficient (Wildman–Crippen LogP) is 3.03. The van der Waals surface area contributed by atoms with E-state index in [1.807, 2.05) is 29.6 Å². The fraction of sp³-hybridized carbons (Fsp3) is 0. The van der Waals surface area contributed by atoms with E-state index in [1.54, 1.807) is 0 Å². The highest BCUT2D eigenvalue weighted by molar-refractivity contribution is 7.14. The molecule has 1 amide bonds. The first-order valence-corrected chi connectivity index (χ1v) is 5.47. The predicted molar refractivity (Wildman–Crippen MR) is 62.2 cm³/mol. The quantitative estimate of drug-likeness (QED) is 0.836. The Labute approximate surface area is 95.7 Å². The zero-order valence-electron chi connectivity index (χ0n) is 7.61. The zero-order chi connectivity index (χ0) is 10.7. The molecule has 15 heavy (non-hydrogen) atoms. The van der Waals surface area contributed by atoms with Crippen molar-refractivity contribution in [2.24, 2.45) is 0 Å². The number of halogens is 1. The third kappa shape index (κ3) is 2.16. The molecule has 76 valence electrons. The SMILES string of the molecule is O=CNc1nc(-c2ccccc2Cl)cs1. The van der Waals surface area contributed by atoms with Crippen LogP contribution in [0.3, 0.4) is 0 Å². The number of aromatic nitrogens is 1. The third-order valence-electron chi connectivity index (χ3n) is 1.84. The standard InChI is InChI=1S/C10H7ClN2OS/c11-8-4-2-1-3-7(8)9-5-15-10(13-9)12-6-14/h1-6H,(H,12,13,14). The Bertz CT molecular complexity index is 484. The topological polar surface area (TPSA) is 42.0 Å². The first kappa shape index (κ1) is 10.1. The normalized spacial score (nSPS) is 9.93. The van der Waals surface area contributed by atoms with Crippen molar-refractivity contribution >= 4 is 34.5 Å². The lowest BCUT2D eigenvalue weighted by atomic mass is 10.2. The second-order valence-corrected chi connectivity index (χ2v) is 4.05. The van der Waals surface area contributed by atoms with E-state index in [0.29, 0.717) is 16.6 Å². The molecular weight excluding hydrogens is 232 g/mol. The van der Waals surface area contributed by atoms with E-state index in [0.717, 1.165) is 11.3 Å². The summed E-state index contributed by atoms with van der Waals surface area (Å²) in [5.41, 5.74) is 1.64. The number of carbonyl (C=O) groups excluding carboxylic acids is 1. The van der Waals surface area contributed by atoms with Gasteiger partial charge in [0.2, 0.25) is 6.41 Å². The molecule has 0 unspecified atom stereocenters. The molecule has 1 N–H and O–H groups in total. The summed E-state index contributed by atoms with van der Waals surface area (Å²) in [6.45, 7) is 0. The molecule has 0 saturated carbocycles. The van der Waals surface area contributed by atoms with Gasteiger partial charge in [-0.25, -0.2) is 4.98 Å². The first-order valence-electron chi connectivity index (χ1n) is 4.22. The summed E-state index contributed by atoms with van der Waals surface area (Å²) < 4.78 is 0. The van der Waals surface area contributed by atoms with Crippen LogP contribution < -0.4 is 5.32 Å². The van der Waals surface area contributed by atoms with E-state index >= 15 is 0 Å². The number of carbonyl (C=O) groups is 1. The van der Waals surface area contributed by atoms with Crippen molar-refractivity contribution in [1.82, 2.24) is 4.98 Å². The average Bonchev–Trinajstić information content (AvgIpc) is 2.68. The molecular formula is C10H7ClN2OS. The van der Waals surface area contributed by atoms with Crippen LogP contribution in [-0.2, 0) is 4.79 Å². The van der Waals surface area contributed by atoms with Crippen LogP contribution in [0.25, 0.3) is 11.3 Å². The summed E-state index contributed by atoms with van der Waals surface area (Å²) in [4.78, 5) is 14.4. The molecule has 0 aliphatic heterocycles. The number of benzene rings is 1. The number of rotatable bonds is 3. The lowest BCUT2D eigenvalue weighted by molar-refractivity contribution is -0.105. The Kier molecular flexibility index (Phi) is 2.99. The summed E-state index contributed by atoms with van der Waals surface area (Å²) in [6.07, 6.45) is 0.606. The van der Waals surface area contributed by atoms with E-state index < -0.39 is 0 Å². The van der Waals surface area contributed by atoms with Gasteiger partial charge in [-0.15, -0.1) is 11.3 Å². The van der Waals surface area contributed by atoms with Crippen molar-refractivity contribution in [1.29, 1.82) is 0 Å². The highest BCUT2D eigenvalue weighted by atomic mass is 35.5. The summed E-state index contributed by atoms with van der Waals surface area (Å²) in [5.74, 6) is 0. The van der Waals surface area contributed by atoms with Gasteiger partial charge in [-0.05, 0) is 6.07 Å². The fourth-order valence-corrected chi connectivity index (χ4v) is 2.09. The maximum Gasteiger partial charge on any atom is 0.213 e. The third-order valence-corrected chi connectivity index (χ3v) is 2.94. The smallest absolute Gasteiger partial charge is 0.213 e. The van der Waals surface area contributed by atoms with E-state index in [2.05, 4.69) is 10.3 Å². The van der Waals surface area contributed by atoms with Gasteiger partial charge in [-0.2, -0.15) is 0 Å². The molecule has 0 aliphatic rings. The monoisotopic (exact) mass is 238 g/mol. The highest BCUT2D eigenvalue weighted by Crippen LogP contribution is 2.29. The summed E-state index contributed by atoms with van der Waals surface area (Å²) in [6, 6.07) is 7.46. The minimum atomic E-state index is 0.569. The molecule has 0 bridgehead atoms. The number of amides is 1. The Morgan fingerprint density at radius 1 is 1.40 bits per heavy atom. The van der Waals surface area contributed by atoms with Crippen molar-refractivity contribution in [3.63, 3.8) is 0 Å². The van der Waals surface area contributed by atoms with E-state index in [1.165, 1.54) is 11.3 Å². The Morgan fingerprint density at radius 2 is 2.20 bits per heavy atom. The van der Waals surface area contributed by atoms with Gasteiger partial charge < -0.3 is 5.32 Å². The van der Waals surface area contributed by atoms with Gasteiger partial charge in [-0.1, -0.05) is 29.8 Å². The van der Waals surface area contributed by atoms with Gasteiger partial charge >= 0.3 is 0 Å². The van der Waals surface area contributed by atoms with Crippen LogP contribution in [0.4, 0.5) is 5.13 Å². The van der Waals surface area contributed by atoms with Crippen LogP contribution in [-0.4, -0.2) is 11.4 Å². The molecule has 0 radical (unpaired) electrons. The minimum absolute atomic E-state index is 0.569. The number of thiazole rings is 1. The minimum Gasteiger partial charge on any atom is -0.305 e. The van der Waals surface area contributed by atoms with Gasteiger partial charge in [0.15, 0.2) is 5.13 Å². The number of nitrogens with zero attached hydrogens (tertiary/aromatic N) is 1. The second-order valence-electron chi connectivity index (χ2n) is 2.78. The molecule has 0 spiro atoms. The Morgan fingerprint density at radius 3 is 2.93 bits per heavy atom. The van der Waals surface area contributed by atoms with Gasteiger partial charge in [-0.3, -0.25) is 4.79 Å². The second kappa shape index (κ2) is 4.42. The van der Waals surface area contributed by atoms with Crippen LogP contribution in [0, 0.1) is 0 Å². The zero-order valence-corrected chi connectivity index (χ0v) is 9.18. The first-order chi connectivity index (χ1) is 7.31. The summed E-state index contributed by atoms with van der Waals surface area (Å²) in [5, 5.41) is 5.58. The Balaban J connectivity index is 2.37. The Hall–Kier alpha value is -1.39. The van der Waals surface area contributed by atoms with E-state index in [-0.39, 0.29) is 0 Å². The van der Waals surface area contributed by atoms with Gasteiger partial charge in [0.05, 0.1) is 5.69 Å². The fourth-order valence-electron chi connectivity index (χ4n) is 1.18. The van der Waals surface area contributed by atoms with E-state index in [9.17, 15) is 4.79 Å². The molecule has 0 fully saturated rings. The molecule has 1 aromatic carbocycles. The number of hydrogen-bond acceptors (Lipinski definition) is 3. The molecule has 0 aliphatic carbocycles. The average molecular weight is 239 g/mol. The summed E-state index contributed by atoms with van der Waals surface area (Å²) >= 11 is 7.39. The molecule has 2 aromatic rings. The van der Waals surface area contributed by atoms with Crippen LogP contribution in [0.15, 0.2) is 29.6 Å². The van der Waals surface area contributed by atoms with Crippen molar-refractivity contribution in [3.8, 4) is 11.3 Å². The van der Waals surface area contributed by atoms with Gasteiger partial charge in [0.1, 0.15) is 0 Å². The van der Waals surface area contributed by atoms with Crippen LogP contribution in [0.5, 0.6) is 0 Å². The number of anilines is 1. The molecule has 0 atom stereocenters. The van der Waals surface area contributed by atoms with Crippen molar-refractivity contribution in [2.75, 3.05) is 5.32 Å². The lowest BCUT2D eigenvalue weighted by Crippen LogP contribution is -1.92. The molecule has 5 heteroatoms. The van der Waals surface area contributed by atoms with Crippen molar-refractivity contribution in [2.45, 2.75) is 0 Å². The maximum atomic E-state index is 10.2.